The first-order valence-corrected chi connectivity index (χ1v) is 15.4. The molecular weight excluding hydrogens is 544 g/mol. The van der Waals surface area contributed by atoms with Crippen molar-refractivity contribution < 1.29 is 13.2 Å². The zero-order chi connectivity index (χ0) is 28.7. The summed E-state index contributed by atoms with van der Waals surface area (Å²) in [5, 5.41) is 13.4. The van der Waals surface area contributed by atoms with Gasteiger partial charge in [0.2, 0.25) is 20.8 Å². The van der Waals surface area contributed by atoms with Gasteiger partial charge in [-0.15, -0.1) is 5.10 Å². The van der Waals surface area contributed by atoms with E-state index in [0.717, 1.165) is 50.3 Å². The van der Waals surface area contributed by atoms with Gasteiger partial charge in [-0.3, -0.25) is 14.5 Å². The lowest BCUT2D eigenvalue weighted by atomic mass is 10.1. The van der Waals surface area contributed by atoms with Gasteiger partial charge < -0.3 is 15.5 Å². The summed E-state index contributed by atoms with van der Waals surface area (Å²) < 4.78 is 28.5. The summed E-state index contributed by atoms with van der Waals surface area (Å²) in [7, 11) is -4.03. The number of sulfone groups is 1. The van der Waals surface area contributed by atoms with Crippen LogP contribution in [0.5, 0.6) is 0 Å². The number of aromatic nitrogens is 4. The standard InChI is InChI=1S/C28H34N8O4S/c1-18-3-6-24(19(2)15-18)41(39,40)28-26-31-27(38)22-5-4-21(16-23(22)36(26)33-32-28)35-13-11-34(12-14-35)17-25(37)30-20-7-9-29-10-8-20/h3-6,15-16,20,29,33H,7-14,17H2,1-2H3,(H,30,37). The molecule has 1 amide bonds. The summed E-state index contributed by atoms with van der Waals surface area (Å²) in [5.41, 5.74) is 2.38. The smallest absolute Gasteiger partial charge is 0.281 e. The average Bonchev–Trinajstić information content (AvgIpc) is 3.38. The number of benzene rings is 2. The molecule has 41 heavy (non-hydrogen) atoms. The molecule has 2 aliphatic rings. The number of piperidine rings is 1. The van der Waals surface area contributed by atoms with E-state index in [9.17, 15) is 18.0 Å². The van der Waals surface area contributed by atoms with Crippen LogP contribution in [0.1, 0.15) is 24.0 Å². The Morgan fingerprint density at radius 1 is 1.05 bits per heavy atom. The lowest BCUT2D eigenvalue weighted by Gasteiger charge is -2.36. The molecule has 0 aliphatic carbocycles. The third-order valence-electron chi connectivity index (χ3n) is 8.00. The van der Waals surface area contributed by atoms with Crippen LogP contribution in [0.25, 0.3) is 16.6 Å². The third kappa shape index (κ3) is 5.32. The van der Waals surface area contributed by atoms with Crippen molar-refractivity contribution in [2.24, 2.45) is 0 Å². The minimum Gasteiger partial charge on any atom is -0.369 e. The third-order valence-corrected chi connectivity index (χ3v) is 9.82. The zero-order valence-corrected chi connectivity index (χ0v) is 24.0. The van der Waals surface area contributed by atoms with Gasteiger partial charge in [0, 0.05) is 37.9 Å². The highest BCUT2D eigenvalue weighted by Gasteiger charge is 2.28. The molecule has 13 heteroatoms. The monoisotopic (exact) mass is 578 g/mol. The van der Waals surface area contributed by atoms with Crippen LogP contribution in [0, 0.1) is 13.8 Å². The summed E-state index contributed by atoms with van der Waals surface area (Å²) in [6.07, 6.45) is 1.92. The predicted octanol–water partition coefficient (Wildman–Crippen LogP) is 1.01. The molecule has 2 aromatic carbocycles. The quantitative estimate of drug-likeness (QED) is 0.305. The largest absolute Gasteiger partial charge is 0.369 e. The van der Waals surface area contributed by atoms with E-state index in [1.165, 1.54) is 4.52 Å². The predicted molar refractivity (Wildman–Crippen MR) is 155 cm³/mol. The Balaban J connectivity index is 1.23. The van der Waals surface area contributed by atoms with Crippen LogP contribution in [-0.4, -0.2) is 90.9 Å². The number of anilines is 1. The van der Waals surface area contributed by atoms with E-state index >= 15 is 0 Å². The average molecular weight is 579 g/mol. The van der Waals surface area contributed by atoms with Gasteiger partial charge in [-0.25, -0.2) is 18.1 Å². The highest BCUT2D eigenvalue weighted by molar-refractivity contribution is 7.91. The Morgan fingerprint density at radius 2 is 1.80 bits per heavy atom. The van der Waals surface area contributed by atoms with Crippen LogP contribution < -0.4 is 21.1 Å². The number of amides is 1. The van der Waals surface area contributed by atoms with E-state index in [1.807, 2.05) is 19.1 Å². The molecule has 0 unspecified atom stereocenters. The van der Waals surface area contributed by atoms with Gasteiger partial charge in [-0.1, -0.05) is 17.7 Å². The number of fused-ring (bicyclic) bond motifs is 3. The van der Waals surface area contributed by atoms with Gasteiger partial charge in [-0.2, -0.15) is 4.98 Å². The van der Waals surface area contributed by atoms with Gasteiger partial charge in [-0.05, 0) is 69.6 Å². The minimum absolute atomic E-state index is 0.0378. The maximum atomic E-state index is 13.5. The van der Waals surface area contributed by atoms with Gasteiger partial charge in [0.15, 0.2) is 5.65 Å². The van der Waals surface area contributed by atoms with Crippen molar-refractivity contribution in [3.8, 4) is 0 Å². The Morgan fingerprint density at radius 3 is 2.54 bits per heavy atom. The molecule has 0 bridgehead atoms. The van der Waals surface area contributed by atoms with Crippen molar-refractivity contribution in [3.63, 3.8) is 0 Å². The second kappa shape index (κ2) is 10.9. The number of hydrogen-bond acceptors (Lipinski definition) is 9. The van der Waals surface area contributed by atoms with Crippen LogP contribution in [0.3, 0.4) is 0 Å². The molecule has 12 nitrogen and oxygen atoms in total. The maximum Gasteiger partial charge on any atom is 0.281 e. The highest BCUT2D eigenvalue weighted by atomic mass is 32.2. The number of H-pyrrole nitrogens is 1. The number of nitrogens with zero attached hydrogens (tertiary/aromatic N) is 5. The summed E-state index contributed by atoms with van der Waals surface area (Å²) in [5.74, 6) is 0.0659. The summed E-state index contributed by atoms with van der Waals surface area (Å²) in [4.78, 5) is 34.1. The highest BCUT2D eigenvalue weighted by Crippen LogP contribution is 2.27. The molecule has 2 aliphatic heterocycles. The molecule has 2 aromatic heterocycles. The Kier molecular flexibility index (Phi) is 7.26. The van der Waals surface area contributed by atoms with Crippen molar-refractivity contribution in [1.82, 2.24) is 35.3 Å². The molecule has 216 valence electrons. The SMILES string of the molecule is Cc1ccc(S(=O)(=O)c2n[nH]n3c2nc(=O)c2ccc(N4CCN(CC(=O)NC5CCNCC5)CC4)cc23)c(C)c1. The second-order valence-electron chi connectivity index (χ2n) is 10.9. The van der Waals surface area contributed by atoms with E-state index in [0.29, 0.717) is 36.1 Å². The van der Waals surface area contributed by atoms with Gasteiger partial charge in [0.1, 0.15) is 0 Å². The molecular formula is C28H34N8O4S. The fourth-order valence-electron chi connectivity index (χ4n) is 5.79. The normalized spacial score (nSPS) is 17.4. The molecule has 2 saturated heterocycles. The van der Waals surface area contributed by atoms with Crippen molar-refractivity contribution in [1.29, 1.82) is 0 Å². The van der Waals surface area contributed by atoms with Gasteiger partial charge >= 0.3 is 0 Å². The Hall–Kier alpha value is -3.81. The molecule has 0 saturated carbocycles. The van der Waals surface area contributed by atoms with E-state index in [1.54, 1.807) is 31.2 Å². The minimum atomic E-state index is -4.03. The molecule has 6 rings (SSSR count). The van der Waals surface area contributed by atoms with Crippen LogP contribution in [-0.2, 0) is 14.6 Å². The number of carbonyl (C=O) groups is 1. The number of piperazine rings is 1. The molecule has 4 heterocycles. The topological polar surface area (TPSA) is 145 Å². The first-order chi connectivity index (χ1) is 19.7. The lowest BCUT2D eigenvalue weighted by Crippen LogP contribution is -2.51. The van der Waals surface area contributed by atoms with E-state index in [-0.39, 0.29) is 27.5 Å². The second-order valence-corrected chi connectivity index (χ2v) is 12.8. The van der Waals surface area contributed by atoms with Crippen molar-refractivity contribution in [2.45, 2.75) is 42.7 Å². The van der Waals surface area contributed by atoms with Gasteiger partial charge in [0.05, 0.1) is 22.3 Å². The molecule has 4 aromatic rings. The number of carbonyl (C=O) groups excluding carboxylic acids is 1. The summed E-state index contributed by atoms with van der Waals surface area (Å²) >= 11 is 0. The molecule has 2 fully saturated rings. The van der Waals surface area contributed by atoms with Crippen LogP contribution >= 0.6 is 0 Å². The lowest BCUT2D eigenvalue weighted by molar-refractivity contribution is -0.123. The number of aryl methyl sites for hydroxylation is 2. The van der Waals surface area contributed by atoms with Gasteiger partial charge in [0.25, 0.3) is 5.56 Å². The number of hydrogen-bond donors (Lipinski definition) is 3. The number of nitrogens with one attached hydrogen (secondary N) is 3. The number of rotatable bonds is 6. The van der Waals surface area contributed by atoms with E-state index in [4.69, 9.17) is 0 Å². The molecule has 0 atom stereocenters. The first kappa shape index (κ1) is 27.4. The van der Waals surface area contributed by atoms with Crippen molar-refractivity contribution >= 4 is 38.0 Å². The van der Waals surface area contributed by atoms with Crippen LogP contribution in [0.2, 0.25) is 0 Å². The van der Waals surface area contributed by atoms with E-state index in [2.05, 4.69) is 35.7 Å². The van der Waals surface area contributed by atoms with Crippen molar-refractivity contribution in [3.05, 3.63) is 57.9 Å². The Bertz CT molecular complexity index is 1780. The number of aromatic amines is 1. The fourth-order valence-corrected chi connectivity index (χ4v) is 7.26. The molecule has 0 radical (unpaired) electrons. The summed E-state index contributed by atoms with van der Waals surface area (Å²) in [6, 6.07) is 10.8. The fraction of sp³-hybridized carbons (Fsp3) is 0.429. The molecule has 0 spiro atoms. The first-order valence-electron chi connectivity index (χ1n) is 13.9. The van der Waals surface area contributed by atoms with Crippen LogP contribution in [0.4, 0.5) is 5.69 Å². The summed E-state index contributed by atoms with van der Waals surface area (Å²) in [6.45, 7) is 8.76. The zero-order valence-electron chi connectivity index (χ0n) is 23.2. The Labute approximate surface area is 237 Å². The van der Waals surface area contributed by atoms with E-state index < -0.39 is 15.4 Å². The van der Waals surface area contributed by atoms with Crippen LogP contribution in [0.15, 0.2) is 51.1 Å². The van der Waals surface area contributed by atoms with Crippen molar-refractivity contribution in [2.75, 3.05) is 50.7 Å². The maximum absolute atomic E-state index is 13.5. The molecule has 3 N–H and O–H groups in total.